The quantitative estimate of drug-likeness (QED) is 0.614. The van der Waals surface area contributed by atoms with Gasteiger partial charge in [-0.05, 0) is 98.2 Å². The van der Waals surface area contributed by atoms with Crippen LogP contribution in [0.25, 0.3) is 0 Å². The monoisotopic (exact) mass is 376 g/mol. The summed E-state index contributed by atoms with van der Waals surface area (Å²) in [5, 5.41) is 11.4. The first-order chi connectivity index (χ1) is 12.8. The second kappa shape index (κ2) is 5.95. The van der Waals surface area contributed by atoms with Gasteiger partial charge in [0.25, 0.3) is 0 Å². The van der Waals surface area contributed by atoms with Crippen molar-refractivity contribution in [1.82, 2.24) is 0 Å². The van der Waals surface area contributed by atoms with E-state index < -0.39 is 5.60 Å². The Morgan fingerprint density at radius 2 is 1.74 bits per heavy atom. The van der Waals surface area contributed by atoms with Crippen LogP contribution in [-0.4, -0.2) is 22.9 Å². The van der Waals surface area contributed by atoms with Gasteiger partial charge in [0.2, 0.25) is 0 Å². The second-order valence-corrected chi connectivity index (χ2v) is 11.5. The molecule has 1 aliphatic heterocycles. The molecule has 4 aliphatic carbocycles. The molecule has 0 radical (unpaired) electrons. The van der Waals surface area contributed by atoms with Crippen molar-refractivity contribution < 1.29 is 14.9 Å². The number of aliphatic hydroxyl groups is 1. The highest BCUT2D eigenvalue weighted by atomic mass is 17.2. The van der Waals surface area contributed by atoms with E-state index in [1.807, 2.05) is 0 Å². The van der Waals surface area contributed by atoms with E-state index in [2.05, 4.69) is 27.7 Å². The average Bonchev–Trinajstić information content (AvgIpc) is 3.20. The predicted octanol–water partition coefficient (Wildman–Crippen LogP) is 5.51. The molecule has 0 aromatic rings. The topological polar surface area (TPSA) is 38.7 Å². The average molecular weight is 377 g/mol. The fourth-order valence-corrected chi connectivity index (χ4v) is 9.27. The Bertz CT molecular complexity index is 598. The minimum Gasteiger partial charge on any atom is -0.389 e. The minimum atomic E-state index is -0.419. The van der Waals surface area contributed by atoms with Crippen LogP contribution < -0.4 is 0 Å². The molecule has 1 N–H and O–H groups in total. The predicted molar refractivity (Wildman–Crippen MR) is 106 cm³/mol. The van der Waals surface area contributed by atoms with Gasteiger partial charge in [0.1, 0.15) is 5.60 Å². The molecule has 9 atom stereocenters. The van der Waals surface area contributed by atoms with Crippen molar-refractivity contribution in [3.8, 4) is 0 Å². The van der Waals surface area contributed by atoms with E-state index in [-0.39, 0.29) is 11.0 Å². The molecule has 1 saturated heterocycles. The number of hydrogen-bond donors (Lipinski definition) is 1. The standard InChI is InChI=1S/C24H40O3/c1-5-24(25)11-9-19-18-7-6-17-15-23(12-13-26-27-23)14-16(2)22(17,4)20(18)8-10-21(19,24)3/h16-20,25H,5-15H2,1-4H3/t16-,17-,18-,19-,20-,21-,22-,23?,24-/m0/s1. The molecular formula is C24H40O3. The van der Waals surface area contributed by atoms with Crippen molar-refractivity contribution >= 4 is 0 Å². The Morgan fingerprint density at radius 3 is 2.44 bits per heavy atom. The summed E-state index contributed by atoms with van der Waals surface area (Å²) in [6.45, 7) is 10.5. The van der Waals surface area contributed by atoms with Crippen LogP contribution in [0.4, 0.5) is 0 Å². The van der Waals surface area contributed by atoms with E-state index >= 15 is 0 Å². The van der Waals surface area contributed by atoms with Crippen LogP contribution in [0.1, 0.15) is 91.9 Å². The van der Waals surface area contributed by atoms with Crippen molar-refractivity contribution in [2.75, 3.05) is 6.61 Å². The van der Waals surface area contributed by atoms with E-state index in [0.717, 1.165) is 49.5 Å². The highest BCUT2D eigenvalue weighted by Gasteiger charge is 2.66. The van der Waals surface area contributed by atoms with Gasteiger partial charge >= 0.3 is 0 Å². The van der Waals surface area contributed by atoms with Gasteiger partial charge in [-0.15, -0.1) is 0 Å². The van der Waals surface area contributed by atoms with E-state index in [1.165, 1.54) is 44.9 Å². The smallest absolute Gasteiger partial charge is 0.106 e. The van der Waals surface area contributed by atoms with Crippen molar-refractivity contribution in [2.45, 2.75) is 103 Å². The molecule has 5 rings (SSSR count). The van der Waals surface area contributed by atoms with E-state index in [9.17, 15) is 5.11 Å². The maximum Gasteiger partial charge on any atom is 0.106 e. The van der Waals surface area contributed by atoms with Crippen LogP contribution in [0.15, 0.2) is 0 Å². The molecule has 0 aromatic heterocycles. The molecule has 3 heteroatoms. The maximum absolute atomic E-state index is 11.4. The van der Waals surface area contributed by atoms with Crippen molar-refractivity contribution in [1.29, 1.82) is 0 Å². The van der Waals surface area contributed by atoms with E-state index in [4.69, 9.17) is 9.78 Å². The fourth-order valence-electron chi connectivity index (χ4n) is 9.27. The summed E-state index contributed by atoms with van der Waals surface area (Å²) >= 11 is 0. The first-order valence-electron chi connectivity index (χ1n) is 11.8. The third-order valence-electron chi connectivity index (χ3n) is 11.1. The minimum absolute atomic E-state index is 0.00936. The summed E-state index contributed by atoms with van der Waals surface area (Å²) < 4.78 is 0. The first kappa shape index (κ1) is 18.9. The SMILES string of the molecule is CC[C@]1(O)CC[C@H]2[C@@H]3CC[C@H]4CC5(CCOO5)C[C@H](C)[C@]4(C)[C@H]3CC[C@@]21C. The number of fused-ring (bicyclic) bond motifs is 5. The molecular weight excluding hydrogens is 336 g/mol. The van der Waals surface area contributed by atoms with Gasteiger partial charge in [-0.3, -0.25) is 0 Å². The fraction of sp³-hybridized carbons (Fsp3) is 1.00. The van der Waals surface area contributed by atoms with Gasteiger partial charge in [-0.25, -0.2) is 9.78 Å². The highest BCUT2D eigenvalue weighted by molar-refractivity contribution is 5.15. The van der Waals surface area contributed by atoms with Gasteiger partial charge in [0.15, 0.2) is 0 Å². The number of hydrogen-bond acceptors (Lipinski definition) is 3. The third-order valence-corrected chi connectivity index (χ3v) is 11.1. The zero-order chi connectivity index (χ0) is 19.1. The summed E-state index contributed by atoms with van der Waals surface area (Å²) in [4.78, 5) is 11.3. The Hall–Kier alpha value is -0.120. The molecule has 154 valence electrons. The summed E-state index contributed by atoms with van der Waals surface area (Å²) in [6, 6.07) is 0. The molecule has 1 spiro atoms. The molecule has 0 bridgehead atoms. The van der Waals surface area contributed by atoms with E-state index in [0.29, 0.717) is 11.3 Å². The summed E-state index contributed by atoms with van der Waals surface area (Å²) in [7, 11) is 0. The molecule has 5 aliphatic rings. The molecule has 3 nitrogen and oxygen atoms in total. The third kappa shape index (κ3) is 2.31. The first-order valence-corrected chi connectivity index (χ1v) is 11.8. The van der Waals surface area contributed by atoms with Crippen LogP contribution in [0.3, 0.4) is 0 Å². The Kier molecular flexibility index (Phi) is 4.16. The number of rotatable bonds is 1. The van der Waals surface area contributed by atoms with Gasteiger partial charge in [-0.2, -0.15) is 0 Å². The normalized spacial score (nSPS) is 60.1. The van der Waals surface area contributed by atoms with Crippen molar-refractivity contribution in [3.05, 3.63) is 0 Å². The van der Waals surface area contributed by atoms with Crippen LogP contribution in [0, 0.1) is 40.4 Å². The lowest BCUT2D eigenvalue weighted by Gasteiger charge is -2.64. The van der Waals surface area contributed by atoms with Crippen LogP contribution in [0.5, 0.6) is 0 Å². The lowest BCUT2D eigenvalue weighted by molar-refractivity contribution is -0.330. The van der Waals surface area contributed by atoms with Gasteiger partial charge in [0, 0.05) is 6.42 Å². The Balaban J connectivity index is 1.44. The largest absolute Gasteiger partial charge is 0.389 e. The summed E-state index contributed by atoms with van der Waals surface area (Å²) in [5.74, 6) is 3.86. The molecule has 1 heterocycles. The molecule has 5 fully saturated rings. The van der Waals surface area contributed by atoms with Crippen molar-refractivity contribution in [3.63, 3.8) is 0 Å². The molecule has 27 heavy (non-hydrogen) atoms. The maximum atomic E-state index is 11.4. The lowest BCUT2D eigenvalue weighted by Crippen LogP contribution is -2.60. The van der Waals surface area contributed by atoms with Gasteiger partial charge in [0.05, 0.1) is 12.2 Å². The van der Waals surface area contributed by atoms with Gasteiger partial charge < -0.3 is 5.11 Å². The molecule has 4 saturated carbocycles. The molecule has 0 aromatic carbocycles. The van der Waals surface area contributed by atoms with Crippen molar-refractivity contribution in [2.24, 2.45) is 40.4 Å². The second-order valence-electron chi connectivity index (χ2n) is 11.5. The van der Waals surface area contributed by atoms with Crippen LogP contribution in [-0.2, 0) is 9.78 Å². The molecule has 0 amide bonds. The highest BCUT2D eigenvalue weighted by Crippen LogP contribution is 2.70. The zero-order valence-corrected chi connectivity index (χ0v) is 17.9. The lowest BCUT2D eigenvalue weighted by atomic mass is 9.41. The Morgan fingerprint density at radius 1 is 0.963 bits per heavy atom. The zero-order valence-electron chi connectivity index (χ0n) is 17.9. The summed E-state index contributed by atoms with van der Waals surface area (Å²) in [6.07, 6.45) is 11.9. The van der Waals surface area contributed by atoms with E-state index in [1.54, 1.807) is 0 Å². The summed E-state index contributed by atoms with van der Waals surface area (Å²) in [5.41, 5.74) is 0.176. The molecule has 1 unspecified atom stereocenters. The van der Waals surface area contributed by atoms with Crippen LogP contribution in [0.2, 0.25) is 0 Å². The van der Waals surface area contributed by atoms with Gasteiger partial charge in [-0.1, -0.05) is 27.7 Å². The Labute approximate surface area is 165 Å². The van der Waals surface area contributed by atoms with Crippen LogP contribution >= 0.6 is 0 Å².